The van der Waals surface area contributed by atoms with Crippen molar-refractivity contribution in [1.29, 1.82) is 0 Å². The van der Waals surface area contributed by atoms with Crippen LogP contribution in [0.4, 0.5) is 14.5 Å². The molecule has 106 valence electrons. The van der Waals surface area contributed by atoms with Gasteiger partial charge in [0.15, 0.2) is 0 Å². The molecule has 0 saturated heterocycles. The third kappa shape index (κ3) is 2.27. The van der Waals surface area contributed by atoms with Gasteiger partial charge in [-0.2, -0.15) is 0 Å². The number of nitrogens with two attached hydrogens (primary N) is 1. The van der Waals surface area contributed by atoms with E-state index in [0.717, 1.165) is 17.4 Å². The number of anilines is 1. The number of hydrogen-bond donors (Lipinski definition) is 2. The molecule has 0 atom stereocenters. The minimum atomic E-state index is -1.15. The molecule has 20 heavy (non-hydrogen) atoms. The molecule has 0 aliphatic heterocycles. The van der Waals surface area contributed by atoms with Crippen LogP contribution in [0, 0.1) is 18.6 Å². The molecule has 6 heteroatoms. The molecule has 0 unspecified atom stereocenters. The minimum Gasteiger partial charge on any atom is -0.477 e. The Kier molecular flexibility index (Phi) is 3.76. The topological polar surface area (TPSA) is 63.3 Å². The summed E-state index contributed by atoms with van der Waals surface area (Å²) in [5.41, 5.74) is 7.02. The van der Waals surface area contributed by atoms with Gasteiger partial charge in [-0.05, 0) is 30.5 Å². The quantitative estimate of drug-likeness (QED) is 0.904. The zero-order chi connectivity index (χ0) is 15.0. The van der Waals surface area contributed by atoms with Gasteiger partial charge in [0.25, 0.3) is 0 Å². The smallest absolute Gasteiger partial charge is 0.348 e. The fourth-order valence-electron chi connectivity index (χ4n) is 2.04. The lowest BCUT2D eigenvalue weighted by Gasteiger charge is -2.06. The van der Waals surface area contributed by atoms with Gasteiger partial charge in [0.1, 0.15) is 16.5 Å². The largest absolute Gasteiger partial charge is 0.477 e. The summed E-state index contributed by atoms with van der Waals surface area (Å²) >= 11 is 0.914. The second-order valence-electron chi connectivity index (χ2n) is 4.39. The summed E-state index contributed by atoms with van der Waals surface area (Å²) < 4.78 is 27.3. The van der Waals surface area contributed by atoms with Crippen molar-refractivity contribution in [2.24, 2.45) is 0 Å². The Morgan fingerprint density at radius 1 is 1.35 bits per heavy atom. The van der Waals surface area contributed by atoms with Crippen LogP contribution in [-0.2, 0) is 6.42 Å². The molecule has 0 amide bonds. The third-order valence-electron chi connectivity index (χ3n) is 3.09. The van der Waals surface area contributed by atoms with E-state index in [9.17, 15) is 13.6 Å². The Hall–Kier alpha value is -1.95. The zero-order valence-corrected chi connectivity index (χ0v) is 11.8. The monoisotopic (exact) mass is 297 g/mol. The third-order valence-corrected chi connectivity index (χ3v) is 4.36. The molecule has 0 aliphatic rings. The van der Waals surface area contributed by atoms with E-state index in [-0.39, 0.29) is 16.1 Å². The number of thiophene rings is 1. The molecule has 1 heterocycles. The number of hydrogen-bond acceptors (Lipinski definition) is 3. The molecule has 3 N–H and O–H groups in total. The number of carboxylic acid groups (broad SMARTS) is 1. The number of carboxylic acids is 1. The van der Waals surface area contributed by atoms with E-state index in [0.29, 0.717) is 22.4 Å². The average molecular weight is 297 g/mol. The summed E-state index contributed by atoms with van der Waals surface area (Å²) in [6.07, 6.45) is 0.473. The van der Waals surface area contributed by atoms with Gasteiger partial charge in [-0.1, -0.05) is 6.92 Å². The summed E-state index contributed by atoms with van der Waals surface area (Å²) in [7, 11) is 0. The average Bonchev–Trinajstić information content (AvgIpc) is 2.70. The van der Waals surface area contributed by atoms with E-state index in [4.69, 9.17) is 10.8 Å². The molecule has 3 nitrogen and oxygen atoms in total. The van der Waals surface area contributed by atoms with Crippen LogP contribution in [-0.4, -0.2) is 11.1 Å². The van der Waals surface area contributed by atoms with Crippen LogP contribution in [0.2, 0.25) is 0 Å². The predicted octanol–water partition coefficient (Wildman–Crippen LogP) is 3.84. The second-order valence-corrected chi connectivity index (χ2v) is 5.41. The number of rotatable bonds is 3. The number of halogens is 2. The van der Waals surface area contributed by atoms with Gasteiger partial charge < -0.3 is 10.8 Å². The van der Waals surface area contributed by atoms with Gasteiger partial charge in [-0.3, -0.25) is 0 Å². The predicted molar refractivity (Wildman–Crippen MR) is 75.2 cm³/mol. The SMILES string of the molecule is CCc1c(-c2cc(C)c(F)cc2F)sc(C(=O)O)c1N. The van der Waals surface area contributed by atoms with E-state index < -0.39 is 17.6 Å². The van der Waals surface area contributed by atoms with Crippen molar-refractivity contribution in [3.63, 3.8) is 0 Å². The Morgan fingerprint density at radius 2 is 2.00 bits per heavy atom. The van der Waals surface area contributed by atoms with Crippen LogP contribution < -0.4 is 5.73 Å². The van der Waals surface area contributed by atoms with Crippen LogP contribution in [0.1, 0.15) is 27.7 Å². The lowest BCUT2D eigenvalue weighted by molar-refractivity contribution is 0.0703. The molecule has 0 saturated carbocycles. The fraction of sp³-hybridized carbons (Fsp3) is 0.214. The first-order valence-corrected chi connectivity index (χ1v) is 6.78. The van der Waals surface area contributed by atoms with Crippen molar-refractivity contribution in [2.75, 3.05) is 5.73 Å². The zero-order valence-electron chi connectivity index (χ0n) is 11.0. The van der Waals surface area contributed by atoms with Gasteiger partial charge in [-0.25, -0.2) is 13.6 Å². The highest BCUT2D eigenvalue weighted by atomic mass is 32.1. The van der Waals surface area contributed by atoms with Crippen LogP contribution in [0.3, 0.4) is 0 Å². The fourth-order valence-corrected chi connectivity index (χ4v) is 3.21. The highest BCUT2D eigenvalue weighted by Gasteiger charge is 2.22. The van der Waals surface area contributed by atoms with Crippen LogP contribution >= 0.6 is 11.3 Å². The van der Waals surface area contributed by atoms with Crippen LogP contribution in [0.25, 0.3) is 10.4 Å². The molecule has 0 fully saturated rings. The number of benzene rings is 1. The Bertz CT molecular complexity index is 695. The molecule has 2 rings (SSSR count). The number of aromatic carboxylic acids is 1. The summed E-state index contributed by atoms with van der Waals surface area (Å²) in [5.74, 6) is -2.50. The van der Waals surface area contributed by atoms with Crippen molar-refractivity contribution in [3.05, 3.63) is 39.8 Å². The summed E-state index contributed by atoms with van der Waals surface area (Å²) in [4.78, 5) is 11.5. The first kappa shape index (κ1) is 14.5. The van der Waals surface area contributed by atoms with Gasteiger partial charge in [0.05, 0.1) is 5.69 Å². The maximum Gasteiger partial charge on any atom is 0.348 e. The van der Waals surface area contributed by atoms with Crippen LogP contribution in [0.5, 0.6) is 0 Å². The first-order chi connectivity index (χ1) is 9.36. The molecular weight excluding hydrogens is 284 g/mol. The first-order valence-electron chi connectivity index (χ1n) is 5.97. The Morgan fingerprint density at radius 3 is 2.55 bits per heavy atom. The van der Waals surface area contributed by atoms with Crippen LogP contribution in [0.15, 0.2) is 12.1 Å². The number of nitrogen functional groups attached to an aromatic ring is 1. The highest BCUT2D eigenvalue weighted by molar-refractivity contribution is 7.18. The van der Waals surface area contributed by atoms with Gasteiger partial charge >= 0.3 is 5.97 Å². The summed E-state index contributed by atoms with van der Waals surface area (Å²) in [5, 5.41) is 9.09. The number of aryl methyl sites for hydroxylation is 1. The molecule has 0 bridgehead atoms. The van der Waals surface area contributed by atoms with E-state index in [2.05, 4.69) is 0 Å². The lowest BCUT2D eigenvalue weighted by atomic mass is 10.0. The molecule has 1 aromatic heterocycles. The standard InChI is InChI=1S/C14H13F2NO2S/c1-3-7-11(17)13(14(18)19)20-12(7)8-4-6(2)9(15)5-10(8)16/h4-5H,3,17H2,1-2H3,(H,18,19). The van der Waals surface area contributed by atoms with E-state index in [1.165, 1.54) is 13.0 Å². The van der Waals surface area contributed by atoms with Crippen molar-refractivity contribution < 1.29 is 18.7 Å². The molecule has 0 spiro atoms. The molecule has 0 aliphatic carbocycles. The van der Waals surface area contributed by atoms with Crippen molar-refractivity contribution in [1.82, 2.24) is 0 Å². The van der Waals surface area contributed by atoms with Gasteiger partial charge in [0, 0.05) is 16.5 Å². The Balaban J connectivity index is 2.73. The molecule has 0 radical (unpaired) electrons. The molecule has 2 aromatic rings. The normalized spacial score (nSPS) is 10.8. The van der Waals surface area contributed by atoms with Crippen molar-refractivity contribution in [2.45, 2.75) is 20.3 Å². The van der Waals surface area contributed by atoms with Gasteiger partial charge in [0.2, 0.25) is 0 Å². The van der Waals surface area contributed by atoms with E-state index in [1.54, 1.807) is 0 Å². The van der Waals surface area contributed by atoms with Gasteiger partial charge in [-0.15, -0.1) is 11.3 Å². The molecule has 1 aromatic carbocycles. The van der Waals surface area contributed by atoms with Crippen molar-refractivity contribution in [3.8, 4) is 10.4 Å². The van der Waals surface area contributed by atoms with E-state index >= 15 is 0 Å². The Labute approximate surface area is 118 Å². The summed E-state index contributed by atoms with van der Waals surface area (Å²) in [6.45, 7) is 3.33. The maximum absolute atomic E-state index is 14.0. The summed E-state index contributed by atoms with van der Waals surface area (Å²) in [6, 6.07) is 2.18. The van der Waals surface area contributed by atoms with E-state index in [1.807, 2.05) is 6.92 Å². The second kappa shape index (κ2) is 5.20. The number of carbonyl (C=O) groups is 1. The minimum absolute atomic E-state index is 0.0155. The lowest BCUT2D eigenvalue weighted by Crippen LogP contribution is -1.99. The maximum atomic E-state index is 14.0. The molecular formula is C14H13F2NO2S. The van der Waals surface area contributed by atoms with Crippen molar-refractivity contribution >= 4 is 23.0 Å². The highest BCUT2D eigenvalue weighted by Crippen LogP contribution is 2.40.